The van der Waals surface area contributed by atoms with Crippen LogP contribution in [0.5, 0.6) is 0 Å². The third kappa shape index (κ3) is 4.73. The van der Waals surface area contributed by atoms with E-state index in [0.29, 0.717) is 0 Å². The maximum absolute atomic E-state index is 11.7. The minimum absolute atomic E-state index is 0.00716. The van der Waals surface area contributed by atoms with Crippen LogP contribution in [0, 0.1) is 0 Å². The molecule has 1 aliphatic heterocycles. The highest BCUT2D eigenvalue weighted by molar-refractivity contribution is 6.08. The summed E-state index contributed by atoms with van der Waals surface area (Å²) in [4.78, 5) is 27.3. The number of cyclic esters (lactones) is 1. The molecule has 1 amide bonds. The molecule has 0 saturated heterocycles. The predicted octanol–water partition coefficient (Wildman–Crippen LogP) is 2.51. The molecule has 0 saturated carbocycles. The van der Waals surface area contributed by atoms with E-state index in [9.17, 15) is 9.59 Å². The molecule has 1 N–H and O–H groups in total. The van der Waals surface area contributed by atoms with Crippen molar-refractivity contribution in [2.75, 3.05) is 6.54 Å². The zero-order chi connectivity index (χ0) is 16.2. The zero-order valence-electron chi connectivity index (χ0n) is 12.8. The summed E-state index contributed by atoms with van der Waals surface area (Å²) in [6.07, 6.45) is 1.04. The average Bonchev–Trinajstić information content (AvgIpc) is 2.76. The van der Waals surface area contributed by atoms with Crippen molar-refractivity contribution in [3.05, 3.63) is 41.6 Å². The number of esters is 1. The van der Waals surface area contributed by atoms with Crippen LogP contribution in [0.3, 0.4) is 0 Å². The number of carbonyl (C=O) groups is 2. The van der Waals surface area contributed by atoms with Crippen molar-refractivity contribution in [2.45, 2.75) is 26.4 Å². The Morgan fingerprint density at radius 1 is 1.32 bits per heavy atom. The Morgan fingerprint density at radius 3 is 2.64 bits per heavy atom. The van der Waals surface area contributed by atoms with Crippen LogP contribution in [0.2, 0.25) is 0 Å². The fourth-order valence-electron chi connectivity index (χ4n) is 1.70. The van der Waals surface area contributed by atoms with E-state index in [0.717, 1.165) is 5.56 Å². The summed E-state index contributed by atoms with van der Waals surface area (Å²) in [5, 5.41) is 2.49. The summed E-state index contributed by atoms with van der Waals surface area (Å²) in [5.74, 6) is -0.400. The highest BCUT2D eigenvalue weighted by Gasteiger charge is 2.24. The second-order valence-electron chi connectivity index (χ2n) is 5.69. The molecular formula is C16H18N2O4. The highest BCUT2D eigenvalue weighted by atomic mass is 16.6. The number of aliphatic imine (C=N–C) groups is 1. The van der Waals surface area contributed by atoms with Crippen molar-refractivity contribution in [3.8, 4) is 0 Å². The monoisotopic (exact) mass is 302 g/mol. The van der Waals surface area contributed by atoms with Gasteiger partial charge in [-0.3, -0.25) is 0 Å². The molecular weight excluding hydrogens is 284 g/mol. The summed E-state index contributed by atoms with van der Waals surface area (Å²) in [6, 6.07) is 9.32. The first kappa shape index (κ1) is 15.8. The molecule has 1 aliphatic rings. The smallest absolute Gasteiger partial charge is 0.408 e. The average molecular weight is 302 g/mol. The molecule has 1 heterocycles. The van der Waals surface area contributed by atoms with E-state index in [2.05, 4.69) is 10.3 Å². The first-order chi connectivity index (χ1) is 10.3. The molecule has 0 bridgehead atoms. The molecule has 0 radical (unpaired) electrons. The van der Waals surface area contributed by atoms with Crippen LogP contribution < -0.4 is 5.32 Å². The van der Waals surface area contributed by atoms with Crippen LogP contribution in [0.1, 0.15) is 26.3 Å². The van der Waals surface area contributed by atoms with E-state index < -0.39 is 17.7 Å². The molecule has 0 unspecified atom stereocenters. The second-order valence-corrected chi connectivity index (χ2v) is 5.69. The highest BCUT2D eigenvalue weighted by Crippen LogP contribution is 2.15. The first-order valence-electron chi connectivity index (χ1n) is 6.87. The minimum Gasteiger partial charge on any atom is -0.444 e. The quantitative estimate of drug-likeness (QED) is 0.687. The van der Waals surface area contributed by atoms with Crippen LogP contribution in [-0.2, 0) is 14.3 Å². The molecule has 22 heavy (non-hydrogen) atoms. The van der Waals surface area contributed by atoms with Gasteiger partial charge in [0.2, 0.25) is 5.90 Å². The number of ether oxygens (including phenoxy) is 2. The molecule has 6 nitrogen and oxygen atoms in total. The van der Waals surface area contributed by atoms with Gasteiger partial charge in [-0.2, -0.15) is 0 Å². The number of hydrogen-bond acceptors (Lipinski definition) is 5. The Balaban J connectivity index is 1.96. The Bertz CT molecular complexity index is 627. The van der Waals surface area contributed by atoms with Crippen LogP contribution in [0.4, 0.5) is 4.79 Å². The van der Waals surface area contributed by atoms with Gasteiger partial charge in [-0.1, -0.05) is 30.3 Å². The molecule has 0 spiro atoms. The lowest BCUT2D eigenvalue weighted by atomic mass is 10.2. The van der Waals surface area contributed by atoms with E-state index in [-0.39, 0.29) is 18.1 Å². The molecule has 0 aliphatic carbocycles. The van der Waals surface area contributed by atoms with Gasteiger partial charge in [-0.05, 0) is 32.4 Å². The summed E-state index contributed by atoms with van der Waals surface area (Å²) in [7, 11) is 0. The SMILES string of the molecule is CC(C)(C)OC(=O)NCC1=N/C(=C\c2ccccc2)C(=O)O1. The first-order valence-corrected chi connectivity index (χ1v) is 6.87. The standard InChI is InChI=1S/C16H18N2O4/c1-16(2,3)22-15(20)17-10-13-18-12(14(19)21-13)9-11-7-5-4-6-8-11/h4-9H,10H2,1-3H3,(H,17,20)/b12-9-. The Labute approximate surface area is 128 Å². The number of nitrogens with zero attached hydrogens (tertiary/aromatic N) is 1. The van der Waals surface area contributed by atoms with Gasteiger partial charge in [-0.15, -0.1) is 0 Å². The van der Waals surface area contributed by atoms with Gasteiger partial charge in [0.05, 0.1) is 6.54 Å². The largest absolute Gasteiger partial charge is 0.444 e. The number of alkyl carbamates (subject to hydrolysis) is 1. The molecule has 6 heteroatoms. The van der Waals surface area contributed by atoms with Gasteiger partial charge in [0.1, 0.15) is 5.60 Å². The fraction of sp³-hybridized carbons (Fsp3) is 0.312. The lowest BCUT2D eigenvalue weighted by Gasteiger charge is -2.19. The van der Waals surface area contributed by atoms with Crippen molar-refractivity contribution in [3.63, 3.8) is 0 Å². The number of hydrogen-bond donors (Lipinski definition) is 1. The van der Waals surface area contributed by atoms with E-state index in [1.165, 1.54) is 0 Å². The minimum atomic E-state index is -0.591. The van der Waals surface area contributed by atoms with E-state index in [1.54, 1.807) is 26.8 Å². The van der Waals surface area contributed by atoms with Gasteiger partial charge >= 0.3 is 12.1 Å². The number of carbonyl (C=O) groups excluding carboxylic acids is 2. The van der Waals surface area contributed by atoms with Crippen molar-refractivity contribution < 1.29 is 19.1 Å². The Morgan fingerprint density at radius 2 is 2.00 bits per heavy atom. The van der Waals surface area contributed by atoms with Crippen LogP contribution in [0.25, 0.3) is 6.08 Å². The van der Waals surface area contributed by atoms with Gasteiger partial charge in [0.15, 0.2) is 5.70 Å². The number of amides is 1. The van der Waals surface area contributed by atoms with Crippen LogP contribution in [0.15, 0.2) is 41.0 Å². The predicted molar refractivity (Wildman–Crippen MR) is 82.2 cm³/mol. The van der Waals surface area contributed by atoms with Gasteiger partial charge in [0, 0.05) is 0 Å². The second kappa shape index (κ2) is 6.43. The maximum atomic E-state index is 11.7. The van der Waals surface area contributed by atoms with Crippen molar-refractivity contribution in [1.82, 2.24) is 5.32 Å². The van der Waals surface area contributed by atoms with Crippen LogP contribution in [-0.4, -0.2) is 30.1 Å². The summed E-state index contributed by atoms with van der Waals surface area (Å²) >= 11 is 0. The molecule has 0 fully saturated rings. The van der Waals surface area contributed by atoms with Crippen molar-refractivity contribution in [1.29, 1.82) is 0 Å². The Kier molecular flexibility index (Phi) is 4.60. The zero-order valence-corrected chi connectivity index (χ0v) is 12.8. The molecule has 1 aromatic carbocycles. The summed E-state index contributed by atoms with van der Waals surface area (Å²) < 4.78 is 10.1. The Hall–Kier alpha value is -2.63. The maximum Gasteiger partial charge on any atom is 0.408 e. The van der Waals surface area contributed by atoms with Gasteiger partial charge in [-0.25, -0.2) is 14.6 Å². The van der Waals surface area contributed by atoms with Gasteiger partial charge in [0.25, 0.3) is 0 Å². The topological polar surface area (TPSA) is 77.0 Å². The molecule has 1 aromatic rings. The fourth-order valence-corrected chi connectivity index (χ4v) is 1.70. The summed E-state index contributed by atoms with van der Waals surface area (Å²) in [5.41, 5.74) is 0.461. The van der Waals surface area contributed by atoms with E-state index in [1.807, 2.05) is 30.3 Å². The normalized spacial score (nSPS) is 16.2. The number of benzene rings is 1. The van der Waals surface area contributed by atoms with E-state index >= 15 is 0 Å². The molecule has 0 aromatic heterocycles. The third-order valence-corrected chi connectivity index (χ3v) is 2.55. The molecule has 116 valence electrons. The summed E-state index contributed by atoms with van der Waals surface area (Å²) in [6.45, 7) is 5.29. The van der Waals surface area contributed by atoms with Crippen molar-refractivity contribution in [2.24, 2.45) is 4.99 Å². The molecule has 2 rings (SSSR count). The lowest BCUT2D eigenvalue weighted by molar-refractivity contribution is -0.130. The molecule has 0 atom stereocenters. The lowest BCUT2D eigenvalue weighted by Crippen LogP contribution is -2.35. The number of nitrogens with one attached hydrogen (secondary N) is 1. The van der Waals surface area contributed by atoms with Crippen LogP contribution >= 0.6 is 0 Å². The van der Waals surface area contributed by atoms with E-state index in [4.69, 9.17) is 9.47 Å². The van der Waals surface area contributed by atoms with Gasteiger partial charge < -0.3 is 14.8 Å². The third-order valence-electron chi connectivity index (χ3n) is 2.55. The number of rotatable bonds is 3. The van der Waals surface area contributed by atoms with Crippen molar-refractivity contribution >= 4 is 24.0 Å².